The molecule has 0 radical (unpaired) electrons. The quantitative estimate of drug-likeness (QED) is 0.763. The van der Waals surface area contributed by atoms with Crippen LogP contribution >= 0.6 is 11.8 Å². The van der Waals surface area contributed by atoms with Gasteiger partial charge in [0.1, 0.15) is 10.6 Å². The van der Waals surface area contributed by atoms with Gasteiger partial charge in [-0.1, -0.05) is 32.9 Å². The Bertz CT molecular complexity index is 611. The van der Waals surface area contributed by atoms with Crippen molar-refractivity contribution in [2.75, 3.05) is 0 Å². The van der Waals surface area contributed by atoms with Crippen LogP contribution in [0.3, 0.4) is 0 Å². The highest BCUT2D eigenvalue weighted by Crippen LogP contribution is 2.37. The third-order valence-corrected chi connectivity index (χ3v) is 3.46. The minimum Gasteiger partial charge on any atom is -0.506 e. The van der Waals surface area contributed by atoms with Crippen molar-refractivity contribution in [2.45, 2.75) is 30.4 Å². The molecule has 1 heterocycles. The molecule has 4 heteroatoms. The van der Waals surface area contributed by atoms with Gasteiger partial charge in [-0.25, -0.2) is 0 Å². The second-order valence-corrected chi connectivity index (χ2v) is 6.73. The first kappa shape index (κ1) is 12.0. The summed E-state index contributed by atoms with van der Waals surface area (Å²) < 4.78 is -0.118. The molecule has 2 aromatic rings. The van der Waals surface area contributed by atoms with Gasteiger partial charge in [-0.05, 0) is 12.1 Å². The van der Waals surface area contributed by atoms with Gasteiger partial charge in [-0.3, -0.25) is 4.79 Å². The summed E-state index contributed by atoms with van der Waals surface area (Å²) in [6.45, 7) is 6.02. The predicted octanol–water partition coefficient (Wildman–Crippen LogP) is 3.12. The molecule has 0 aliphatic heterocycles. The van der Waals surface area contributed by atoms with Crippen LogP contribution in [0.5, 0.6) is 5.75 Å². The molecule has 0 fully saturated rings. The SMILES string of the molecule is CC(C)(C)Sc1c(O)c2ccccc2[nH]c1=O. The third kappa shape index (κ3) is 2.47. The summed E-state index contributed by atoms with van der Waals surface area (Å²) in [5.41, 5.74) is 0.425. The van der Waals surface area contributed by atoms with Gasteiger partial charge in [0, 0.05) is 10.1 Å². The van der Waals surface area contributed by atoms with E-state index in [2.05, 4.69) is 4.98 Å². The molecule has 0 atom stereocenters. The van der Waals surface area contributed by atoms with E-state index < -0.39 is 0 Å². The van der Waals surface area contributed by atoms with Gasteiger partial charge in [-0.15, -0.1) is 11.8 Å². The first-order chi connectivity index (χ1) is 7.88. The maximum absolute atomic E-state index is 11.9. The summed E-state index contributed by atoms with van der Waals surface area (Å²) >= 11 is 1.38. The molecular formula is C13H15NO2S. The van der Waals surface area contributed by atoms with Crippen molar-refractivity contribution in [3.05, 3.63) is 34.6 Å². The van der Waals surface area contributed by atoms with Crippen LogP contribution in [0.25, 0.3) is 10.9 Å². The molecule has 0 unspecified atom stereocenters. The number of rotatable bonds is 1. The molecule has 3 nitrogen and oxygen atoms in total. The average Bonchev–Trinajstić information content (AvgIpc) is 2.23. The Hall–Kier alpha value is -1.42. The summed E-state index contributed by atoms with van der Waals surface area (Å²) in [7, 11) is 0. The third-order valence-electron chi connectivity index (χ3n) is 2.26. The molecule has 0 aliphatic rings. The topological polar surface area (TPSA) is 53.1 Å². The summed E-state index contributed by atoms with van der Waals surface area (Å²) in [5, 5.41) is 10.8. The molecule has 2 N–H and O–H groups in total. The van der Waals surface area contributed by atoms with Gasteiger partial charge in [0.15, 0.2) is 0 Å². The molecule has 0 aliphatic carbocycles. The van der Waals surface area contributed by atoms with Crippen LogP contribution < -0.4 is 5.56 Å². The number of fused-ring (bicyclic) bond motifs is 1. The van der Waals surface area contributed by atoms with E-state index in [-0.39, 0.29) is 16.1 Å². The number of H-pyrrole nitrogens is 1. The number of thioether (sulfide) groups is 1. The molecule has 2 rings (SSSR count). The summed E-state index contributed by atoms with van der Waals surface area (Å²) in [5.74, 6) is 0.0734. The smallest absolute Gasteiger partial charge is 0.265 e. The molecule has 1 aromatic carbocycles. The lowest BCUT2D eigenvalue weighted by Crippen LogP contribution is -2.15. The molecule has 1 aromatic heterocycles. The number of para-hydroxylation sites is 1. The number of benzene rings is 1. The van der Waals surface area contributed by atoms with E-state index in [9.17, 15) is 9.90 Å². The first-order valence-corrected chi connectivity index (χ1v) is 6.23. The van der Waals surface area contributed by atoms with E-state index in [0.29, 0.717) is 15.8 Å². The second kappa shape index (κ2) is 4.11. The number of pyridine rings is 1. The van der Waals surface area contributed by atoms with Crippen LogP contribution in [0, 0.1) is 0 Å². The van der Waals surface area contributed by atoms with Gasteiger partial charge in [0.05, 0.1) is 5.52 Å². The van der Waals surface area contributed by atoms with Gasteiger partial charge >= 0.3 is 0 Å². The zero-order chi connectivity index (χ0) is 12.6. The summed E-state index contributed by atoms with van der Waals surface area (Å²) in [4.78, 5) is 15.1. The monoisotopic (exact) mass is 249 g/mol. The Balaban J connectivity index is 2.68. The van der Waals surface area contributed by atoms with E-state index in [1.54, 1.807) is 12.1 Å². The van der Waals surface area contributed by atoms with Crippen molar-refractivity contribution in [3.63, 3.8) is 0 Å². The van der Waals surface area contributed by atoms with Crippen LogP contribution in [0.15, 0.2) is 34.0 Å². The van der Waals surface area contributed by atoms with Crippen molar-refractivity contribution in [3.8, 4) is 5.75 Å². The molecule has 0 bridgehead atoms. The van der Waals surface area contributed by atoms with E-state index in [4.69, 9.17) is 0 Å². The molecular weight excluding hydrogens is 234 g/mol. The molecule has 0 saturated heterocycles. The normalized spacial score (nSPS) is 11.9. The van der Waals surface area contributed by atoms with Crippen LogP contribution in [0.1, 0.15) is 20.8 Å². The number of aromatic amines is 1. The average molecular weight is 249 g/mol. The largest absolute Gasteiger partial charge is 0.506 e. The van der Waals surface area contributed by atoms with E-state index in [1.807, 2.05) is 32.9 Å². The fourth-order valence-electron chi connectivity index (χ4n) is 1.61. The van der Waals surface area contributed by atoms with Gasteiger partial charge in [0.25, 0.3) is 5.56 Å². The van der Waals surface area contributed by atoms with Crippen molar-refractivity contribution in [1.82, 2.24) is 4.98 Å². The highest BCUT2D eigenvalue weighted by atomic mass is 32.2. The van der Waals surface area contributed by atoms with Crippen molar-refractivity contribution in [2.24, 2.45) is 0 Å². The molecule has 0 amide bonds. The Morgan fingerprint density at radius 2 is 1.88 bits per heavy atom. The number of hydrogen-bond acceptors (Lipinski definition) is 3. The van der Waals surface area contributed by atoms with Gasteiger partial charge < -0.3 is 10.1 Å². The van der Waals surface area contributed by atoms with Crippen molar-refractivity contribution < 1.29 is 5.11 Å². The maximum atomic E-state index is 11.9. The Labute approximate surface area is 104 Å². The molecule has 90 valence electrons. The van der Waals surface area contributed by atoms with E-state index in [1.165, 1.54) is 11.8 Å². The highest BCUT2D eigenvalue weighted by Gasteiger charge is 2.19. The fraction of sp³-hybridized carbons (Fsp3) is 0.308. The molecule has 0 spiro atoms. The summed E-state index contributed by atoms with van der Waals surface area (Å²) in [6, 6.07) is 7.25. The Morgan fingerprint density at radius 1 is 1.24 bits per heavy atom. The van der Waals surface area contributed by atoms with Crippen LogP contribution in [0.2, 0.25) is 0 Å². The van der Waals surface area contributed by atoms with E-state index >= 15 is 0 Å². The number of aromatic nitrogens is 1. The lowest BCUT2D eigenvalue weighted by molar-refractivity contribution is 0.466. The zero-order valence-corrected chi connectivity index (χ0v) is 10.9. The number of aromatic hydroxyl groups is 1. The number of nitrogens with one attached hydrogen (secondary N) is 1. The fourth-order valence-corrected chi connectivity index (χ4v) is 2.57. The zero-order valence-electron chi connectivity index (χ0n) is 10.1. The van der Waals surface area contributed by atoms with Crippen molar-refractivity contribution in [1.29, 1.82) is 0 Å². The number of hydrogen-bond donors (Lipinski definition) is 2. The minimum atomic E-state index is -0.235. The first-order valence-electron chi connectivity index (χ1n) is 5.41. The highest BCUT2D eigenvalue weighted by molar-refractivity contribution is 8.00. The molecule has 0 saturated carbocycles. The van der Waals surface area contributed by atoms with Crippen LogP contribution in [-0.4, -0.2) is 14.8 Å². The summed E-state index contributed by atoms with van der Waals surface area (Å²) in [6.07, 6.45) is 0. The van der Waals surface area contributed by atoms with Crippen LogP contribution in [0.4, 0.5) is 0 Å². The molecule has 17 heavy (non-hydrogen) atoms. The lowest BCUT2D eigenvalue weighted by atomic mass is 10.2. The second-order valence-electron chi connectivity index (χ2n) is 4.89. The van der Waals surface area contributed by atoms with E-state index in [0.717, 1.165) is 0 Å². The standard InChI is InChI=1S/C13H15NO2S/c1-13(2,3)17-11-10(15)8-6-4-5-7-9(8)14-12(11)16/h4-7H,1-3H3,(H2,14,15,16). The lowest BCUT2D eigenvalue weighted by Gasteiger charge is -2.18. The minimum absolute atomic E-state index is 0.0734. The van der Waals surface area contributed by atoms with Gasteiger partial charge in [0.2, 0.25) is 0 Å². The van der Waals surface area contributed by atoms with Gasteiger partial charge in [-0.2, -0.15) is 0 Å². The van der Waals surface area contributed by atoms with Crippen LogP contribution in [-0.2, 0) is 0 Å². The predicted molar refractivity (Wildman–Crippen MR) is 71.8 cm³/mol. The Morgan fingerprint density at radius 3 is 2.53 bits per heavy atom. The van der Waals surface area contributed by atoms with Crippen molar-refractivity contribution >= 4 is 22.7 Å². The Kier molecular flexibility index (Phi) is 2.91. The maximum Gasteiger partial charge on any atom is 0.265 e.